The summed E-state index contributed by atoms with van der Waals surface area (Å²) in [6.45, 7) is 24.6. The molecule has 1 amide bonds. The van der Waals surface area contributed by atoms with E-state index >= 15 is 4.39 Å². The highest BCUT2D eigenvalue weighted by atomic mass is 28.4. The van der Waals surface area contributed by atoms with Crippen LogP contribution >= 0.6 is 0 Å². The van der Waals surface area contributed by atoms with E-state index in [1.54, 1.807) is 6.07 Å². The Balaban J connectivity index is 1.09. The molecule has 8 rings (SSSR count). The Hall–Kier alpha value is -3.48. The van der Waals surface area contributed by atoms with Gasteiger partial charge in [-0.3, -0.25) is 9.80 Å². The van der Waals surface area contributed by atoms with Crippen LogP contribution in [-0.4, -0.2) is 103 Å². The van der Waals surface area contributed by atoms with Crippen molar-refractivity contribution >= 4 is 36.7 Å². The van der Waals surface area contributed by atoms with Crippen LogP contribution in [0, 0.1) is 5.82 Å². The summed E-state index contributed by atoms with van der Waals surface area (Å²) in [5, 5.41) is 2.21. The summed E-state index contributed by atoms with van der Waals surface area (Å²) in [6, 6.07) is 10.7. The molecule has 10 nitrogen and oxygen atoms in total. The second kappa shape index (κ2) is 15.0. The first kappa shape index (κ1) is 40.3. The Morgan fingerprint density at radius 2 is 1.72 bits per heavy atom. The summed E-state index contributed by atoms with van der Waals surface area (Å²) >= 11 is 0. The minimum atomic E-state index is -1.86. The number of carbonyl (C=O) groups is 1. The maximum absolute atomic E-state index is 15.2. The van der Waals surface area contributed by atoms with Gasteiger partial charge in [-0.1, -0.05) is 45.9 Å². The molecule has 12 heteroatoms. The van der Waals surface area contributed by atoms with Crippen LogP contribution in [0.15, 0.2) is 30.3 Å². The Labute approximate surface area is 340 Å². The van der Waals surface area contributed by atoms with Crippen molar-refractivity contribution in [2.45, 2.75) is 154 Å². The zero-order chi connectivity index (χ0) is 40.5. The van der Waals surface area contributed by atoms with Gasteiger partial charge in [-0.2, -0.15) is 9.97 Å². The number of fused-ring (bicyclic) bond motifs is 5. The third-order valence-corrected chi connectivity index (χ3v) is 18.6. The number of piperazine rings is 1. The SMILES string of the molecule is CCc1c(F)ccc2cccc(N3CCc4c(nc(OC[C@]56CCCN5[C@@H](CO[Si](C)(C)C(C)(C)C)CC6)nc4N4C[C@H]5CC[C@@H](C4)N5C(=O)OC(C)(C)C)C3)c12. The van der Waals surface area contributed by atoms with Crippen molar-refractivity contribution in [3.05, 3.63) is 53.0 Å². The van der Waals surface area contributed by atoms with E-state index in [0.717, 1.165) is 104 Å². The molecule has 5 aliphatic rings. The molecule has 0 spiro atoms. The van der Waals surface area contributed by atoms with Crippen molar-refractivity contribution in [2.24, 2.45) is 0 Å². The number of halogens is 1. The number of carbonyl (C=O) groups excluding carboxylic acids is 1. The highest BCUT2D eigenvalue weighted by Crippen LogP contribution is 2.45. The van der Waals surface area contributed by atoms with Crippen molar-refractivity contribution in [1.82, 2.24) is 19.8 Å². The molecule has 4 atom stereocenters. The standard InChI is InChI=1S/C45H65FN6O4Si/c1-10-34-36(46)18-15-30-13-11-14-38(39(30)34)49-24-20-35-37(27-49)47-41(48-40(35)50-25-31-16-17-32(26-50)52(31)42(53)56-43(2,3)4)54-29-45-21-12-23-51(45)33(19-22-45)28-55-57(8,9)44(5,6)7/h11,13-15,18,31-33H,10,12,16-17,19-29H2,1-9H3/t31-,32+,33-,45-/m1/s1. The van der Waals surface area contributed by atoms with Crippen molar-refractivity contribution < 1.29 is 23.1 Å². The van der Waals surface area contributed by atoms with Crippen LogP contribution in [0.2, 0.25) is 18.1 Å². The number of benzene rings is 2. The van der Waals surface area contributed by atoms with Crippen LogP contribution in [-0.2, 0) is 28.5 Å². The number of aryl methyl sites for hydroxylation is 1. The van der Waals surface area contributed by atoms with Gasteiger partial charge in [-0.15, -0.1) is 0 Å². The Morgan fingerprint density at radius 1 is 0.965 bits per heavy atom. The van der Waals surface area contributed by atoms with Crippen molar-refractivity contribution in [3.8, 4) is 6.01 Å². The molecule has 2 aromatic carbocycles. The van der Waals surface area contributed by atoms with Crippen molar-refractivity contribution in [1.29, 1.82) is 0 Å². The molecular formula is C45H65FN6O4Si. The fourth-order valence-electron chi connectivity index (χ4n) is 10.1. The average molecular weight is 801 g/mol. The van der Waals surface area contributed by atoms with Gasteiger partial charge in [0.05, 0.1) is 29.9 Å². The van der Waals surface area contributed by atoms with Crippen molar-refractivity contribution in [2.75, 3.05) is 49.2 Å². The number of nitrogens with zero attached hydrogens (tertiary/aromatic N) is 6. The normalized spacial score (nSPS) is 25.3. The van der Waals surface area contributed by atoms with Gasteiger partial charge in [0.25, 0.3) is 0 Å². The summed E-state index contributed by atoms with van der Waals surface area (Å²) in [5.74, 6) is 0.776. The molecule has 3 aromatic rings. The molecule has 4 saturated heterocycles. The highest BCUT2D eigenvalue weighted by Gasteiger charge is 2.51. The molecule has 4 fully saturated rings. The molecule has 5 aliphatic heterocycles. The number of aromatic nitrogens is 2. The van der Waals surface area contributed by atoms with E-state index in [4.69, 9.17) is 23.9 Å². The quantitative estimate of drug-likeness (QED) is 0.197. The number of anilines is 2. The Morgan fingerprint density at radius 3 is 2.42 bits per heavy atom. The lowest BCUT2D eigenvalue weighted by Crippen LogP contribution is -2.57. The average Bonchev–Trinajstić information content (AvgIpc) is 3.80. The second-order valence-electron chi connectivity index (χ2n) is 19.9. The summed E-state index contributed by atoms with van der Waals surface area (Å²) < 4.78 is 34.7. The lowest BCUT2D eigenvalue weighted by Gasteiger charge is -2.43. The fraction of sp³-hybridized carbons (Fsp3) is 0.667. The van der Waals surface area contributed by atoms with Crippen molar-refractivity contribution in [3.63, 3.8) is 0 Å². The Kier molecular flexibility index (Phi) is 10.6. The summed E-state index contributed by atoms with van der Waals surface area (Å²) in [7, 11) is -1.86. The first-order chi connectivity index (χ1) is 27.0. The molecule has 1 aromatic heterocycles. The Bertz CT molecular complexity index is 1980. The molecule has 310 valence electrons. The summed E-state index contributed by atoms with van der Waals surface area (Å²) in [4.78, 5) is 33.3. The maximum Gasteiger partial charge on any atom is 0.410 e. The molecule has 0 radical (unpaired) electrons. The maximum atomic E-state index is 15.2. The lowest BCUT2D eigenvalue weighted by molar-refractivity contribution is 0.0122. The molecule has 0 saturated carbocycles. The third kappa shape index (κ3) is 7.63. The number of hydrogen-bond donors (Lipinski definition) is 0. The molecule has 57 heavy (non-hydrogen) atoms. The third-order valence-electron chi connectivity index (χ3n) is 14.1. The molecule has 6 heterocycles. The minimum Gasteiger partial charge on any atom is -0.461 e. The number of rotatable bonds is 9. The van der Waals surface area contributed by atoms with Crippen LogP contribution in [0.25, 0.3) is 10.8 Å². The van der Waals surface area contributed by atoms with E-state index < -0.39 is 13.9 Å². The minimum absolute atomic E-state index is 0.0470. The number of amides is 1. The van der Waals surface area contributed by atoms with Crippen LogP contribution in [0.5, 0.6) is 6.01 Å². The van der Waals surface area contributed by atoms with E-state index in [2.05, 4.69) is 66.8 Å². The van der Waals surface area contributed by atoms with Gasteiger partial charge >= 0.3 is 12.1 Å². The topological polar surface area (TPSA) is 83.5 Å². The first-order valence-electron chi connectivity index (χ1n) is 21.6. The summed E-state index contributed by atoms with van der Waals surface area (Å²) in [5.41, 5.74) is 3.31. The zero-order valence-corrected chi connectivity index (χ0v) is 36.9. The van der Waals surface area contributed by atoms with Gasteiger partial charge < -0.3 is 23.7 Å². The van der Waals surface area contributed by atoms with Crippen LogP contribution < -0.4 is 14.5 Å². The first-order valence-corrected chi connectivity index (χ1v) is 24.5. The second-order valence-corrected chi connectivity index (χ2v) is 24.7. The molecule has 0 unspecified atom stereocenters. The van der Waals surface area contributed by atoms with Gasteiger partial charge in [0, 0.05) is 48.9 Å². The van der Waals surface area contributed by atoms with E-state index in [1.807, 2.05) is 38.7 Å². The van der Waals surface area contributed by atoms with Gasteiger partial charge in [0.15, 0.2) is 8.32 Å². The van der Waals surface area contributed by atoms with Gasteiger partial charge in [-0.25, -0.2) is 9.18 Å². The van der Waals surface area contributed by atoms with Crippen LogP contribution in [0.3, 0.4) is 0 Å². The largest absolute Gasteiger partial charge is 0.461 e. The molecule has 0 aliphatic carbocycles. The predicted molar refractivity (Wildman–Crippen MR) is 228 cm³/mol. The van der Waals surface area contributed by atoms with E-state index in [0.29, 0.717) is 44.7 Å². The summed E-state index contributed by atoms with van der Waals surface area (Å²) in [6.07, 6.45) is 7.49. The van der Waals surface area contributed by atoms with Gasteiger partial charge in [0.2, 0.25) is 0 Å². The molecular weight excluding hydrogens is 736 g/mol. The van der Waals surface area contributed by atoms with Crippen LogP contribution in [0.4, 0.5) is 20.7 Å². The number of hydrogen-bond acceptors (Lipinski definition) is 9. The van der Waals surface area contributed by atoms with Crippen LogP contribution in [0.1, 0.15) is 104 Å². The number of ether oxygens (including phenoxy) is 2. The van der Waals surface area contributed by atoms with E-state index in [9.17, 15) is 4.79 Å². The monoisotopic (exact) mass is 800 g/mol. The molecule has 0 N–H and O–H groups in total. The fourth-order valence-corrected chi connectivity index (χ4v) is 11.2. The predicted octanol–water partition coefficient (Wildman–Crippen LogP) is 8.88. The van der Waals surface area contributed by atoms with E-state index in [1.165, 1.54) is 0 Å². The lowest BCUT2D eigenvalue weighted by atomic mass is 9.95. The zero-order valence-electron chi connectivity index (χ0n) is 35.9. The highest BCUT2D eigenvalue weighted by molar-refractivity contribution is 6.74. The van der Waals surface area contributed by atoms with Gasteiger partial charge in [-0.05, 0) is 120 Å². The van der Waals surface area contributed by atoms with E-state index in [-0.39, 0.29) is 34.6 Å². The van der Waals surface area contributed by atoms with Gasteiger partial charge in [0.1, 0.15) is 23.8 Å². The molecule has 2 bridgehead atoms. The smallest absolute Gasteiger partial charge is 0.410 e.